The Bertz CT molecular complexity index is 470. The molecule has 1 aliphatic rings. The molecule has 2 heterocycles. The molecule has 1 aromatic rings. The van der Waals surface area contributed by atoms with E-state index < -0.39 is 5.97 Å². The second-order valence-electron chi connectivity index (χ2n) is 4.32. The number of carboxylic acids is 1. The minimum atomic E-state index is -1.00. The van der Waals surface area contributed by atoms with Crippen LogP contribution in [0.25, 0.3) is 0 Å². The molecule has 5 nitrogen and oxygen atoms in total. The Morgan fingerprint density at radius 1 is 1.44 bits per heavy atom. The lowest BCUT2D eigenvalue weighted by Crippen LogP contribution is -2.40. The van der Waals surface area contributed by atoms with E-state index in [1.165, 1.54) is 6.07 Å². The highest BCUT2D eigenvalue weighted by molar-refractivity contribution is 7.15. The molecule has 18 heavy (non-hydrogen) atoms. The lowest BCUT2D eigenvalue weighted by atomic mass is 10.1. The van der Waals surface area contributed by atoms with Gasteiger partial charge in [-0.05, 0) is 25.5 Å². The van der Waals surface area contributed by atoms with Crippen molar-refractivity contribution in [2.45, 2.75) is 25.5 Å². The Kier molecular flexibility index (Phi) is 3.68. The van der Waals surface area contributed by atoms with Crippen molar-refractivity contribution in [2.75, 3.05) is 13.7 Å². The maximum atomic E-state index is 12.2. The second-order valence-corrected chi connectivity index (χ2v) is 5.40. The van der Waals surface area contributed by atoms with Crippen molar-refractivity contribution in [3.63, 3.8) is 0 Å². The Hall–Kier alpha value is -1.40. The van der Waals surface area contributed by atoms with Gasteiger partial charge in [-0.2, -0.15) is 0 Å². The summed E-state index contributed by atoms with van der Waals surface area (Å²) < 4.78 is 5.43. The SMILES string of the molecule is CC1OCCC1N(C)C(=O)c1ccc(C(=O)O)s1. The van der Waals surface area contributed by atoms with Crippen LogP contribution >= 0.6 is 11.3 Å². The van der Waals surface area contributed by atoms with Gasteiger partial charge in [-0.1, -0.05) is 0 Å². The van der Waals surface area contributed by atoms with Crippen LogP contribution in [0, 0.1) is 0 Å². The van der Waals surface area contributed by atoms with Gasteiger partial charge < -0.3 is 14.7 Å². The molecule has 0 bridgehead atoms. The number of aromatic carboxylic acids is 1. The minimum Gasteiger partial charge on any atom is -0.477 e. The van der Waals surface area contributed by atoms with E-state index in [-0.39, 0.29) is 22.9 Å². The standard InChI is InChI=1S/C12H15NO4S/c1-7-8(5-6-17-7)13(2)11(14)9-3-4-10(18-9)12(15)16/h3-4,7-8H,5-6H2,1-2H3,(H,15,16). The third kappa shape index (κ3) is 2.39. The van der Waals surface area contributed by atoms with Gasteiger partial charge in [0.1, 0.15) is 4.88 Å². The van der Waals surface area contributed by atoms with Crippen LogP contribution in [0.1, 0.15) is 32.7 Å². The highest BCUT2D eigenvalue weighted by Gasteiger charge is 2.31. The number of hydrogen-bond acceptors (Lipinski definition) is 4. The van der Waals surface area contributed by atoms with Crippen molar-refractivity contribution in [2.24, 2.45) is 0 Å². The molecule has 0 spiro atoms. The van der Waals surface area contributed by atoms with Crippen molar-refractivity contribution in [1.82, 2.24) is 4.90 Å². The number of amides is 1. The van der Waals surface area contributed by atoms with Crippen LogP contribution < -0.4 is 0 Å². The average molecular weight is 269 g/mol. The molecule has 2 atom stereocenters. The summed E-state index contributed by atoms with van der Waals surface area (Å²) >= 11 is 1.01. The zero-order valence-electron chi connectivity index (χ0n) is 10.3. The molecule has 2 unspecified atom stereocenters. The maximum Gasteiger partial charge on any atom is 0.345 e. The van der Waals surface area contributed by atoms with Crippen molar-refractivity contribution in [1.29, 1.82) is 0 Å². The maximum absolute atomic E-state index is 12.2. The minimum absolute atomic E-state index is 0.0258. The second kappa shape index (κ2) is 5.07. The lowest BCUT2D eigenvalue weighted by Gasteiger charge is -2.26. The van der Waals surface area contributed by atoms with Gasteiger partial charge in [0.15, 0.2) is 0 Å². The molecule has 98 valence electrons. The van der Waals surface area contributed by atoms with E-state index in [2.05, 4.69) is 0 Å². The largest absolute Gasteiger partial charge is 0.477 e. The number of likely N-dealkylation sites (N-methyl/N-ethyl adjacent to an activating group) is 1. The number of carboxylic acid groups (broad SMARTS) is 1. The van der Waals surface area contributed by atoms with Gasteiger partial charge in [0.05, 0.1) is 17.0 Å². The summed E-state index contributed by atoms with van der Waals surface area (Å²) in [7, 11) is 1.73. The fraction of sp³-hybridized carbons (Fsp3) is 0.500. The number of ether oxygens (including phenoxy) is 1. The molecular weight excluding hydrogens is 254 g/mol. The van der Waals surface area contributed by atoms with Gasteiger partial charge in [-0.25, -0.2) is 4.79 Å². The molecule has 0 aromatic carbocycles. The van der Waals surface area contributed by atoms with Gasteiger partial charge >= 0.3 is 5.97 Å². The molecule has 1 saturated heterocycles. The van der Waals surface area contributed by atoms with Crippen molar-refractivity contribution in [3.05, 3.63) is 21.9 Å². The monoisotopic (exact) mass is 269 g/mol. The molecular formula is C12H15NO4S. The van der Waals surface area contributed by atoms with Gasteiger partial charge in [0, 0.05) is 13.7 Å². The van der Waals surface area contributed by atoms with E-state index in [1.807, 2.05) is 6.92 Å². The Labute approximate surface area is 109 Å². The summed E-state index contributed by atoms with van der Waals surface area (Å²) in [5, 5.41) is 8.84. The van der Waals surface area contributed by atoms with E-state index in [0.29, 0.717) is 11.5 Å². The molecule has 0 saturated carbocycles. The van der Waals surface area contributed by atoms with Gasteiger partial charge in [-0.3, -0.25) is 4.79 Å². The molecule has 1 aliphatic heterocycles. The number of thiophene rings is 1. The Morgan fingerprint density at radius 2 is 2.11 bits per heavy atom. The first-order valence-electron chi connectivity index (χ1n) is 5.72. The number of rotatable bonds is 3. The Morgan fingerprint density at radius 3 is 2.61 bits per heavy atom. The molecule has 1 amide bonds. The quantitative estimate of drug-likeness (QED) is 0.907. The summed E-state index contributed by atoms with van der Waals surface area (Å²) in [5.74, 6) is -1.14. The first-order valence-corrected chi connectivity index (χ1v) is 6.54. The first kappa shape index (κ1) is 13.0. The van der Waals surface area contributed by atoms with Crippen LogP contribution in [0.3, 0.4) is 0 Å². The highest BCUT2D eigenvalue weighted by atomic mass is 32.1. The van der Waals surface area contributed by atoms with Crippen LogP contribution in [0.15, 0.2) is 12.1 Å². The van der Waals surface area contributed by atoms with E-state index in [9.17, 15) is 9.59 Å². The molecule has 1 N–H and O–H groups in total. The third-order valence-corrected chi connectivity index (χ3v) is 4.24. The van der Waals surface area contributed by atoms with Crippen molar-refractivity contribution in [3.8, 4) is 0 Å². The highest BCUT2D eigenvalue weighted by Crippen LogP contribution is 2.23. The molecule has 2 rings (SSSR count). The topological polar surface area (TPSA) is 66.8 Å². The van der Waals surface area contributed by atoms with E-state index in [4.69, 9.17) is 9.84 Å². The lowest BCUT2D eigenvalue weighted by molar-refractivity contribution is 0.0578. The first-order chi connectivity index (χ1) is 8.50. The van der Waals surface area contributed by atoms with Crippen LogP contribution in [0.2, 0.25) is 0 Å². The molecule has 6 heteroatoms. The summed E-state index contributed by atoms with van der Waals surface area (Å²) in [4.78, 5) is 25.3. The molecule has 0 radical (unpaired) electrons. The zero-order chi connectivity index (χ0) is 13.3. The predicted molar refractivity (Wildman–Crippen MR) is 67.2 cm³/mol. The number of carbonyl (C=O) groups excluding carboxylic acids is 1. The zero-order valence-corrected chi connectivity index (χ0v) is 11.1. The normalized spacial score (nSPS) is 23.0. The molecule has 0 aliphatic carbocycles. The fourth-order valence-electron chi connectivity index (χ4n) is 2.12. The van der Waals surface area contributed by atoms with Crippen molar-refractivity contribution >= 4 is 23.2 Å². The van der Waals surface area contributed by atoms with Crippen LogP contribution in [-0.4, -0.2) is 47.7 Å². The van der Waals surface area contributed by atoms with Crippen LogP contribution in [-0.2, 0) is 4.74 Å². The van der Waals surface area contributed by atoms with Crippen molar-refractivity contribution < 1.29 is 19.4 Å². The van der Waals surface area contributed by atoms with E-state index in [0.717, 1.165) is 17.8 Å². The Balaban J connectivity index is 2.12. The summed E-state index contributed by atoms with van der Waals surface area (Å²) in [6.07, 6.45) is 0.846. The number of nitrogens with zero attached hydrogens (tertiary/aromatic N) is 1. The molecule has 1 fully saturated rings. The van der Waals surface area contributed by atoms with E-state index >= 15 is 0 Å². The number of carbonyl (C=O) groups is 2. The smallest absolute Gasteiger partial charge is 0.345 e. The summed E-state index contributed by atoms with van der Waals surface area (Å²) in [5.41, 5.74) is 0. The summed E-state index contributed by atoms with van der Waals surface area (Å²) in [6, 6.07) is 3.09. The van der Waals surface area contributed by atoms with Crippen LogP contribution in [0.4, 0.5) is 0 Å². The number of hydrogen-bond donors (Lipinski definition) is 1. The third-order valence-electron chi connectivity index (χ3n) is 3.18. The van der Waals surface area contributed by atoms with Crippen LogP contribution in [0.5, 0.6) is 0 Å². The molecule has 1 aromatic heterocycles. The van der Waals surface area contributed by atoms with Gasteiger partial charge in [0.25, 0.3) is 5.91 Å². The van der Waals surface area contributed by atoms with Gasteiger partial charge in [0.2, 0.25) is 0 Å². The van der Waals surface area contributed by atoms with Gasteiger partial charge in [-0.15, -0.1) is 11.3 Å². The average Bonchev–Trinajstić information content (AvgIpc) is 2.95. The van der Waals surface area contributed by atoms with E-state index in [1.54, 1.807) is 18.0 Å². The summed E-state index contributed by atoms with van der Waals surface area (Å²) in [6.45, 7) is 2.60. The predicted octanol–water partition coefficient (Wildman–Crippen LogP) is 1.70. The fourth-order valence-corrected chi connectivity index (χ4v) is 2.95.